The molecule has 0 radical (unpaired) electrons. The van der Waals surface area contributed by atoms with E-state index >= 15 is 0 Å². The molecular formula is C23H39O7P. The lowest BCUT2D eigenvalue weighted by molar-refractivity contribution is -0.00992. The molecule has 1 atom stereocenters. The van der Waals surface area contributed by atoms with Crippen molar-refractivity contribution in [3.05, 3.63) is 28.8 Å². The largest absolute Gasteiger partial charge is 0.467 e. The quantitative estimate of drug-likeness (QED) is 0.192. The van der Waals surface area contributed by atoms with Crippen LogP contribution in [0, 0.1) is 0 Å². The fourth-order valence-corrected chi connectivity index (χ4v) is 4.34. The number of Topliss-reactive ketones (excluding diaryl/α,β-unsaturated/α-hetero) is 1. The van der Waals surface area contributed by atoms with Crippen LogP contribution in [-0.2, 0) is 33.9 Å². The highest BCUT2D eigenvalue weighted by Gasteiger charge is 2.38. The summed E-state index contributed by atoms with van der Waals surface area (Å²) in [5.74, 6) is 0.397. The summed E-state index contributed by atoms with van der Waals surface area (Å²) in [6.45, 7) is 14.9. The summed E-state index contributed by atoms with van der Waals surface area (Å²) in [5.41, 5.74) is 0.629. The normalized spacial score (nSPS) is 13.9. The maximum absolute atomic E-state index is 13.3. The van der Waals surface area contributed by atoms with Crippen LogP contribution < -0.4 is 4.74 Å². The number of rotatable bonds is 11. The van der Waals surface area contributed by atoms with E-state index in [1.807, 2.05) is 12.1 Å². The van der Waals surface area contributed by atoms with E-state index in [2.05, 4.69) is 41.5 Å². The highest BCUT2D eigenvalue weighted by Crippen LogP contribution is 2.52. The zero-order chi connectivity index (χ0) is 24.0. The monoisotopic (exact) mass is 458 g/mol. The van der Waals surface area contributed by atoms with Gasteiger partial charge in [-0.3, -0.25) is 9.36 Å². The minimum Gasteiger partial charge on any atom is -0.467 e. The van der Waals surface area contributed by atoms with Crippen molar-refractivity contribution in [1.82, 2.24) is 0 Å². The number of ketones is 1. The lowest BCUT2D eigenvalue weighted by atomic mass is 9.78. The number of ether oxygens (including phenoxy) is 3. The van der Waals surface area contributed by atoms with E-state index in [0.717, 1.165) is 11.1 Å². The van der Waals surface area contributed by atoms with Crippen LogP contribution in [0.5, 0.6) is 5.75 Å². The van der Waals surface area contributed by atoms with Gasteiger partial charge in [0.2, 0.25) is 0 Å². The third-order valence-corrected chi connectivity index (χ3v) is 7.27. The van der Waals surface area contributed by atoms with Gasteiger partial charge in [0.25, 0.3) is 0 Å². The lowest BCUT2D eigenvalue weighted by Gasteiger charge is -2.31. The summed E-state index contributed by atoms with van der Waals surface area (Å²) in [6, 6.07) is 3.63. The molecule has 7 nitrogen and oxygen atoms in total. The molecule has 0 aliphatic carbocycles. The van der Waals surface area contributed by atoms with Crippen molar-refractivity contribution in [3.8, 4) is 5.75 Å². The molecule has 31 heavy (non-hydrogen) atoms. The van der Waals surface area contributed by atoms with Gasteiger partial charge in [-0.05, 0) is 29.9 Å². The molecule has 0 heterocycles. The minimum atomic E-state index is -3.56. The molecule has 0 aliphatic heterocycles. The first-order valence-electron chi connectivity index (χ1n) is 10.4. The van der Waals surface area contributed by atoms with Crippen molar-refractivity contribution in [3.63, 3.8) is 0 Å². The molecule has 0 fully saturated rings. The highest BCUT2D eigenvalue weighted by atomic mass is 31.2. The van der Waals surface area contributed by atoms with Crippen LogP contribution in [0.15, 0.2) is 12.1 Å². The third-order valence-electron chi connectivity index (χ3n) is 5.07. The van der Waals surface area contributed by atoms with Gasteiger partial charge in [-0.25, -0.2) is 0 Å². The molecule has 0 bridgehead atoms. The summed E-state index contributed by atoms with van der Waals surface area (Å²) >= 11 is 0. The summed E-state index contributed by atoms with van der Waals surface area (Å²) in [5, 5.41) is 0. The lowest BCUT2D eigenvalue weighted by Crippen LogP contribution is -2.25. The molecule has 8 heteroatoms. The highest BCUT2D eigenvalue weighted by molar-refractivity contribution is 7.55. The number of methoxy groups -OCH3 is 1. The van der Waals surface area contributed by atoms with Crippen molar-refractivity contribution in [2.24, 2.45) is 0 Å². The Kier molecular flexibility index (Phi) is 9.92. The van der Waals surface area contributed by atoms with E-state index in [-0.39, 0.29) is 23.4 Å². The second-order valence-corrected chi connectivity index (χ2v) is 12.1. The van der Waals surface area contributed by atoms with Crippen LogP contribution in [0.3, 0.4) is 0 Å². The fraction of sp³-hybridized carbons (Fsp3) is 0.696. The predicted octanol–water partition coefficient (Wildman–Crippen LogP) is 5.34. The molecule has 0 spiro atoms. The summed E-state index contributed by atoms with van der Waals surface area (Å²) in [7, 11) is 0.630. The van der Waals surface area contributed by atoms with Gasteiger partial charge >= 0.3 is 7.60 Å². The first kappa shape index (κ1) is 27.8. The topological polar surface area (TPSA) is 80.3 Å². The van der Waals surface area contributed by atoms with Gasteiger partial charge in [-0.15, -0.1) is 0 Å². The summed E-state index contributed by atoms with van der Waals surface area (Å²) in [6.07, 6.45) is 0. The average Bonchev–Trinajstić information content (AvgIpc) is 2.70. The standard InChI is InChI=1S/C23H39O7P/c1-16(31(25,27-9)28-10)20(24)17-13-18(22(2,3)4)21(19(14-17)23(5,6)7)30-15-29-12-11-26-8/h13-14,16H,11-12,15H2,1-10H3. The van der Waals surface area contributed by atoms with E-state index in [1.54, 1.807) is 14.0 Å². The van der Waals surface area contributed by atoms with Crippen LogP contribution in [-0.4, -0.2) is 52.8 Å². The van der Waals surface area contributed by atoms with E-state index in [1.165, 1.54) is 14.2 Å². The Morgan fingerprint density at radius 2 is 1.42 bits per heavy atom. The van der Waals surface area contributed by atoms with Crippen molar-refractivity contribution < 1.29 is 32.6 Å². The molecule has 0 aromatic heterocycles. The van der Waals surface area contributed by atoms with Gasteiger partial charge in [0.05, 0.1) is 13.2 Å². The maximum Gasteiger partial charge on any atom is 0.340 e. The number of hydrogen-bond donors (Lipinski definition) is 0. The molecule has 1 unspecified atom stereocenters. The van der Waals surface area contributed by atoms with Crippen molar-refractivity contribution in [2.45, 2.75) is 65.0 Å². The van der Waals surface area contributed by atoms with Crippen molar-refractivity contribution >= 4 is 13.4 Å². The van der Waals surface area contributed by atoms with Crippen molar-refractivity contribution in [1.29, 1.82) is 0 Å². The van der Waals surface area contributed by atoms with E-state index in [4.69, 9.17) is 23.3 Å². The van der Waals surface area contributed by atoms with Gasteiger partial charge in [0, 0.05) is 38.0 Å². The molecule has 0 saturated carbocycles. The second-order valence-electron chi connectivity index (χ2n) is 9.51. The number of carbonyl (C=O) groups is 1. The van der Waals surface area contributed by atoms with Gasteiger partial charge in [0.15, 0.2) is 12.6 Å². The fourth-order valence-electron chi connectivity index (χ4n) is 3.12. The Bertz CT molecular complexity index is 747. The van der Waals surface area contributed by atoms with Gasteiger partial charge < -0.3 is 23.3 Å². The Morgan fingerprint density at radius 3 is 1.81 bits per heavy atom. The predicted molar refractivity (Wildman–Crippen MR) is 123 cm³/mol. The first-order chi connectivity index (χ1) is 14.2. The van der Waals surface area contributed by atoms with Gasteiger partial charge in [0.1, 0.15) is 11.4 Å². The van der Waals surface area contributed by atoms with E-state index in [0.29, 0.717) is 24.5 Å². The van der Waals surface area contributed by atoms with Crippen LogP contribution in [0.4, 0.5) is 0 Å². The SMILES string of the molecule is COCCOCOc1c(C(C)(C)C)cc(C(=O)C(C)P(=O)(OC)OC)cc1C(C)(C)C. The Hall–Kier alpha value is -1.24. The zero-order valence-corrected chi connectivity index (χ0v) is 21.6. The Morgan fingerprint density at radius 1 is 0.935 bits per heavy atom. The zero-order valence-electron chi connectivity index (χ0n) is 20.7. The number of benzene rings is 1. The maximum atomic E-state index is 13.3. The summed E-state index contributed by atoms with van der Waals surface area (Å²) in [4.78, 5) is 13.3. The molecule has 178 valence electrons. The van der Waals surface area contributed by atoms with E-state index < -0.39 is 13.3 Å². The smallest absolute Gasteiger partial charge is 0.340 e. The van der Waals surface area contributed by atoms with Crippen molar-refractivity contribution in [2.75, 3.05) is 41.3 Å². The Labute approximate surface area is 187 Å². The molecule has 0 N–H and O–H groups in total. The third kappa shape index (κ3) is 7.13. The molecule has 1 rings (SSSR count). The molecular weight excluding hydrogens is 419 g/mol. The van der Waals surface area contributed by atoms with Crippen LogP contribution in [0.1, 0.15) is 70.0 Å². The number of carbonyl (C=O) groups excluding carboxylic acids is 1. The summed E-state index contributed by atoms with van der Waals surface area (Å²) < 4.78 is 39.5. The molecule has 1 aromatic rings. The molecule has 0 amide bonds. The van der Waals surface area contributed by atoms with Crippen LogP contribution in [0.2, 0.25) is 0 Å². The number of hydrogen-bond acceptors (Lipinski definition) is 7. The van der Waals surface area contributed by atoms with Crippen LogP contribution in [0.25, 0.3) is 0 Å². The Balaban J connectivity index is 3.54. The van der Waals surface area contributed by atoms with Crippen LogP contribution >= 0.6 is 7.60 Å². The second kappa shape index (κ2) is 11.1. The molecule has 0 aliphatic rings. The average molecular weight is 459 g/mol. The van der Waals surface area contributed by atoms with Gasteiger partial charge in [-0.2, -0.15) is 0 Å². The molecule has 0 saturated heterocycles. The van der Waals surface area contributed by atoms with Gasteiger partial charge in [-0.1, -0.05) is 41.5 Å². The molecule has 1 aromatic carbocycles. The van der Waals surface area contributed by atoms with E-state index in [9.17, 15) is 9.36 Å². The minimum absolute atomic E-state index is 0.0712. The first-order valence-corrected chi connectivity index (χ1v) is 12.0.